The third-order valence-electron chi connectivity index (χ3n) is 4.14. The van der Waals surface area contributed by atoms with Crippen molar-refractivity contribution in [1.82, 2.24) is 0 Å². The molecule has 0 aromatic heterocycles. The van der Waals surface area contributed by atoms with Crippen molar-refractivity contribution in [1.29, 1.82) is 0 Å². The van der Waals surface area contributed by atoms with Gasteiger partial charge in [0.1, 0.15) is 5.60 Å². The van der Waals surface area contributed by atoms with Gasteiger partial charge in [-0.15, -0.1) is 0 Å². The summed E-state index contributed by atoms with van der Waals surface area (Å²) in [5, 5.41) is 13.3. The Morgan fingerprint density at radius 2 is 1.22 bits per heavy atom. The van der Waals surface area contributed by atoms with E-state index in [0.29, 0.717) is 36.1 Å². The zero-order valence-corrected chi connectivity index (χ0v) is 17.7. The van der Waals surface area contributed by atoms with Crippen LogP contribution in [0.3, 0.4) is 0 Å². The van der Waals surface area contributed by atoms with Crippen LogP contribution in [-0.2, 0) is 16.4 Å². The molecular weight excluding hydrogens is 446 g/mol. The average Bonchev–Trinajstić information content (AvgIpc) is 2.64. The molecule has 0 fully saturated rings. The molecule has 1 atom stereocenters. The second kappa shape index (κ2) is 8.52. The van der Waals surface area contributed by atoms with E-state index in [1.165, 1.54) is 0 Å². The molecule has 0 aliphatic heterocycles. The molecule has 3 aromatic rings. The van der Waals surface area contributed by atoms with Crippen LogP contribution in [-0.4, -0.2) is 15.1 Å². The van der Waals surface area contributed by atoms with Gasteiger partial charge in [-0.25, -0.2) is 0 Å². The molecule has 0 saturated carbocycles. The van der Waals surface area contributed by atoms with Gasteiger partial charge in [0.25, 0.3) is 0 Å². The molecule has 0 aliphatic rings. The smallest absolute Gasteiger partial charge is 0.126 e. The van der Waals surface area contributed by atoms with Crippen LogP contribution in [0.4, 0.5) is 0 Å². The molecule has 0 unspecified atom stereocenters. The van der Waals surface area contributed by atoms with Crippen molar-refractivity contribution in [2.24, 2.45) is 0 Å². The van der Waals surface area contributed by atoms with E-state index in [0.717, 1.165) is 0 Å². The first-order chi connectivity index (χ1) is 12.8. The lowest BCUT2D eigenvalue weighted by Gasteiger charge is -2.29. The Balaban J connectivity index is 2.03. The predicted molar refractivity (Wildman–Crippen MR) is 114 cm³/mol. The summed E-state index contributed by atoms with van der Waals surface area (Å²) < 4.78 is 13.0. The molecule has 1 N–H and O–H groups in total. The summed E-state index contributed by atoms with van der Waals surface area (Å²) in [5.41, 5.74) is -0.364. The van der Waals surface area contributed by atoms with Crippen LogP contribution in [0.5, 0.6) is 0 Å². The van der Waals surface area contributed by atoms with Crippen molar-refractivity contribution in [2.75, 3.05) is 5.75 Å². The largest absolute Gasteiger partial charge is 0.379 e. The molecule has 7 heteroatoms. The van der Waals surface area contributed by atoms with Crippen LogP contribution >= 0.6 is 46.4 Å². The second-order valence-corrected chi connectivity index (χ2v) is 9.08. The van der Waals surface area contributed by atoms with Gasteiger partial charge in [0.15, 0.2) is 0 Å². The summed E-state index contributed by atoms with van der Waals surface area (Å²) in [6, 6.07) is 18.3. The van der Waals surface area contributed by atoms with E-state index in [1.807, 2.05) is 0 Å². The normalized spacial score (nSPS) is 12.8. The molecule has 0 spiro atoms. The van der Waals surface area contributed by atoms with Crippen LogP contribution in [0.2, 0.25) is 20.1 Å². The van der Waals surface area contributed by atoms with E-state index >= 15 is 0 Å². The van der Waals surface area contributed by atoms with Crippen molar-refractivity contribution >= 4 is 57.2 Å². The van der Waals surface area contributed by atoms with Crippen molar-refractivity contribution in [2.45, 2.75) is 10.5 Å². The Morgan fingerprint density at radius 1 is 0.741 bits per heavy atom. The molecule has 2 nitrogen and oxygen atoms in total. The summed E-state index contributed by atoms with van der Waals surface area (Å²) in [6.07, 6.45) is 0. The van der Waals surface area contributed by atoms with E-state index in [4.69, 9.17) is 46.4 Å². The maximum absolute atomic E-state index is 13.0. The predicted octanol–water partition coefficient (Wildman–Crippen LogP) is 6.34. The van der Waals surface area contributed by atoms with Crippen LogP contribution in [0, 0.1) is 0 Å². The lowest BCUT2D eigenvalue weighted by atomic mass is 9.88. The molecule has 0 amide bonds. The monoisotopic (exact) mass is 458 g/mol. The summed E-state index contributed by atoms with van der Waals surface area (Å²) in [7, 11) is -1.54. The van der Waals surface area contributed by atoms with Gasteiger partial charge in [-0.2, -0.15) is 0 Å². The number of hydrogen-bond donors (Lipinski definition) is 1. The minimum atomic E-state index is -1.54. The van der Waals surface area contributed by atoms with Gasteiger partial charge in [0.05, 0.1) is 26.6 Å². The SMILES string of the molecule is O=[S@](CC(O)(c1ccc(Cl)cc1)c1ccc(Cl)cc1)c1ccc(Cl)c(Cl)c1. The lowest BCUT2D eigenvalue weighted by Crippen LogP contribution is -2.34. The molecule has 140 valence electrons. The molecule has 0 aliphatic carbocycles. The number of hydrogen-bond acceptors (Lipinski definition) is 2. The Labute approximate surface area is 180 Å². The van der Waals surface area contributed by atoms with E-state index in [-0.39, 0.29) is 5.75 Å². The van der Waals surface area contributed by atoms with Crippen LogP contribution < -0.4 is 0 Å². The molecule has 3 aromatic carbocycles. The highest BCUT2D eigenvalue weighted by molar-refractivity contribution is 7.85. The number of rotatable bonds is 5. The highest BCUT2D eigenvalue weighted by atomic mass is 35.5. The first kappa shape index (κ1) is 20.7. The van der Waals surface area contributed by atoms with Gasteiger partial charge in [-0.1, -0.05) is 70.7 Å². The minimum absolute atomic E-state index is 0.0752. The van der Waals surface area contributed by atoms with E-state index < -0.39 is 16.4 Å². The van der Waals surface area contributed by atoms with Crippen LogP contribution in [0.1, 0.15) is 11.1 Å². The topological polar surface area (TPSA) is 37.3 Å². The summed E-state index contributed by atoms with van der Waals surface area (Å²) in [6.45, 7) is 0. The zero-order valence-electron chi connectivity index (χ0n) is 13.8. The van der Waals surface area contributed by atoms with Gasteiger partial charge < -0.3 is 5.11 Å². The van der Waals surface area contributed by atoms with Crippen molar-refractivity contribution < 1.29 is 9.32 Å². The standard InChI is InChI=1S/C20H14Cl4O2S/c21-15-5-1-13(2-6-15)20(25,14-3-7-16(22)8-4-14)12-27(26)17-9-10-18(23)19(24)11-17/h1-11,25H,12H2/t27-/m1/s1. The Bertz CT molecular complexity index is 927. The maximum atomic E-state index is 13.0. The summed E-state index contributed by atoms with van der Waals surface area (Å²) in [4.78, 5) is 0.478. The Hall–Kier alpha value is -1.07. The number of aliphatic hydroxyl groups is 1. The zero-order chi connectivity index (χ0) is 19.6. The van der Waals surface area contributed by atoms with Crippen molar-refractivity contribution in [3.63, 3.8) is 0 Å². The van der Waals surface area contributed by atoms with Crippen molar-refractivity contribution in [3.8, 4) is 0 Å². The maximum Gasteiger partial charge on any atom is 0.126 e. The summed E-state index contributed by atoms with van der Waals surface area (Å²) >= 11 is 23.9. The van der Waals surface area contributed by atoms with Gasteiger partial charge in [0.2, 0.25) is 0 Å². The fourth-order valence-electron chi connectivity index (χ4n) is 2.68. The minimum Gasteiger partial charge on any atom is -0.379 e. The van der Waals surface area contributed by atoms with Gasteiger partial charge in [-0.05, 0) is 53.6 Å². The highest BCUT2D eigenvalue weighted by Crippen LogP contribution is 2.34. The molecular formula is C20H14Cl4O2S. The first-order valence-corrected chi connectivity index (χ1v) is 10.7. The molecule has 3 rings (SSSR count). The van der Waals surface area contributed by atoms with Crippen molar-refractivity contribution in [3.05, 3.63) is 97.9 Å². The van der Waals surface area contributed by atoms with Crippen LogP contribution in [0.25, 0.3) is 0 Å². The third kappa shape index (κ3) is 4.68. The molecule has 0 saturated heterocycles. The first-order valence-electron chi connectivity index (χ1n) is 7.87. The van der Waals surface area contributed by atoms with Gasteiger partial charge in [-0.3, -0.25) is 4.21 Å². The Kier molecular flexibility index (Phi) is 6.52. The third-order valence-corrected chi connectivity index (χ3v) is 6.84. The molecule has 27 heavy (non-hydrogen) atoms. The molecule has 0 heterocycles. The van der Waals surface area contributed by atoms with E-state index in [2.05, 4.69) is 0 Å². The summed E-state index contributed by atoms with van der Waals surface area (Å²) in [5.74, 6) is -0.0752. The fraction of sp³-hybridized carbons (Fsp3) is 0.100. The number of benzene rings is 3. The Morgan fingerprint density at radius 3 is 1.67 bits per heavy atom. The number of halogens is 4. The van der Waals surface area contributed by atoms with Gasteiger partial charge in [0, 0.05) is 14.9 Å². The van der Waals surface area contributed by atoms with Crippen LogP contribution in [0.15, 0.2) is 71.6 Å². The molecule has 0 bridgehead atoms. The quantitative estimate of drug-likeness (QED) is 0.483. The molecule has 0 radical (unpaired) electrons. The fourth-order valence-corrected chi connectivity index (χ4v) is 4.64. The van der Waals surface area contributed by atoms with Gasteiger partial charge >= 0.3 is 0 Å². The van der Waals surface area contributed by atoms with E-state index in [9.17, 15) is 9.32 Å². The average molecular weight is 460 g/mol. The van der Waals surface area contributed by atoms with E-state index in [1.54, 1.807) is 66.7 Å². The lowest BCUT2D eigenvalue weighted by molar-refractivity contribution is 0.106. The highest BCUT2D eigenvalue weighted by Gasteiger charge is 2.34. The second-order valence-electron chi connectivity index (χ2n) is 5.94.